The highest BCUT2D eigenvalue weighted by molar-refractivity contribution is 6.36. The Hall–Kier alpha value is -1.91. The number of hydrogen-bond acceptors (Lipinski definition) is 3. The molecule has 3 rings (SSSR count). The number of nitrogens with one attached hydrogen (secondary N) is 2. The fraction of sp³-hybridized carbons (Fsp3) is 0.133. The quantitative estimate of drug-likeness (QED) is 0.729. The normalized spacial score (nSPS) is 13.0. The van der Waals surface area contributed by atoms with Crippen LogP contribution >= 0.6 is 23.2 Å². The molecular weight excluding hydrogens is 309 g/mol. The van der Waals surface area contributed by atoms with E-state index >= 15 is 0 Å². The number of fused-ring (bicyclic) bond motifs is 1. The summed E-state index contributed by atoms with van der Waals surface area (Å²) in [4.78, 5) is 11.4. The van der Waals surface area contributed by atoms with Crippen molar-refractivity contribution in [2.75, 3.05) is 16.4 Å². The maximum absolute atomic E-state index is 11.4. The average molecular weight is 322 g/mol. The smallest absolute Gasteiger partial charge is 0.228 e. The Morgan fingerprint density at radius 2 is 1.90 bits per heavy atom. The van der Waals surface area contributed by atoms with Crippen LogP contribution in [0.3, 0.4) is 0 Å². The van der Waals surface area contributed by atoms with Crippen LogP contribution in [-0.4, -0.2) is 5.91 Å². The minimum absolute atomic E-state index is 0.0297. The number of carbonyl (C=O) groups excluding carboxylic acids is 1. The fourth-order valence-electron chi connectivity index (χ4n) is 2.29. The molecule has 0 spiro atoms. The number of amides is 1. The van der Waals surface area contributed by atoms with Crippen LogP contribution in [0.2, 0.25) is 10.0 Å². The van der Waals surface area contributed by atoms with Gasteiger partial charge in [-0.25, -0.2) is 0 Å². The predicted molar refractivity (Wildman–Crippen MR) is 87.7 cm³/mol. The third-order valence-corrected chi connectivity index (χ3v) is 4.14. The molecule has 0 unspecified atom stereocenters. The van der Waals surface area contributed by atoms with Gasteiger partial charge in [0.25, 0.3) is 0 Å². The van der Waals surface area contributed by atoms with Crippen molar-refractivity contribution in [3.05, 3.63) is 45.4 Å². The third-order valence-electron chi connectivity index (χ3n) is 3.42. The summed E-state index contributed by atoms with van der Waals surface area (Å²) in [6, 6.07) is 7.14. The predicted octanol–water partition coefficient (Wildman–Crippen LogP) is 4.12. The zero-order chi connectivity index (χ0) is 15.1. The Balaban J connectivity index is 1.98. The van der Waals surface area contributed by atoms with E-state index < -0.39 is 0 Å². The van der Waals surface area contributed by atoms with Gasteiger partial charge < -0.3 is 16.4 Å². The Morgan fingerprint density at radius 3 is 2.67 bits per heavy atom. The molecule has 0 saturated heterocycles. The molecule has 1 heterocycles. The van der Waals surface area contributed by atoms with Gasteiger partial charge in [0.2, 0.25) is 5.91 Å². The van der Waals surface area contributed by atoms with Gasteiger partial charge in [0, 0.05) is 10.7 Å². The highest BCUT2D eigenvalue weighted by Gasteiger charge is 2.19. The summed E-state index contributed by atoms with van der Waals surface area (Å²) in [5.41, 5.74) is 10.5. The third kappa shape index (κ3) is 2.64. The molecule has 1 aliphatic rings. The maximum atomic E-state index is 11.4. The number of nitrogen functional groups attached to an aromatic ring is 1. The molecule has 0 atom stereocenters. The van der Waals surface area contributed by atoms with Gasteiger partial charge in [0.1, 0.15) is 0 Å². The summed E-state index contributed by atoms with van der Waals surface area (Å²) in [7, 11) is 0. The molecule has 0 saturated carbocycles. The minimum Gasteiger partial charge on any atom is -0.397 e. The number of carbonyl (C=O) groups is 1. The molecule has 1 amide bonds. The monoisotopic (exact) mass is 321 g/mol. The van der Waals surface area contributed by atoms with Gasteiger partial charge in [0.15, 0.2) is 0 Å². The maximum Gasteiger partial charge on any atom is 0.228 e. The molecule has 0 fully saturated rings. The Kier molecular flexibility index (Phi) is 3.43. The van der Waals surface area contributed by atoms with Gasteiger partial charge >= 0.3 is 0 Å². The van der Waals surface area contributed by atoms with Crippen molar-refractivity contribution < 1.29 is 4.79 Å². The number of hydrogen-bond donors (Lipinski definition) is 3. The van der Waals surface area contributed by atoms with Crippen molar-refractivity contribution in [2.24, 2.45) is 0 Å². The molecular formula is C15H13Cl2N3O. The van der Waals surface area contributed by atoms with Crippen molar-refractivity contribution in [1.29, 1.82) is 0 Å². The van der Waals surface area contributed by atoms with Crippen LogP contribution in [-0.2, 0) is 11.2 Å². The highest BCUT2D eigenvalue weighted by Crippen LogP contribution is 2.36. The van der Waals surface area contributed by atoms with Gasteiger partial charge in [-0.3, -0.25) is 4.79 Å². The van der Waals surface area contributed by atoms with E-state index in [1.54, 1.807) is 24.3 Å². The van der Waals surface area contributed by atoms with E-state index in [0.29, 0.717) is 33.5 Å². The molecule has 0 bridgehead atoms. The number of nitrogens with two attached hydrogens (primary N) is 1. The Labute approximate surface area is 132 Å². The van der Waals surface area contributed by atoms with E-state index in [-0.39, 0.29) is 5.91 Å². The average Bonchev–Trinajstić information content (AvgIpc) is 2.75. The van der Waals surface area contributed by atoms with Crippen molar-refractivity contribution >= 4 is 51.9 Å². The van der Waals surface area contributed by atoms with Crippen LogP contribution in [0.25, 0.3) is 0 Å². The van der Waals surface area contributed by atoms with Crippen LogP contribution in [0, 0.1) is 6.92 Å². The summed E-state index contributed by atoms with van der Waals surface area (Å²) >= 11 is 12.3. The summed E-state index contributed by atoms with van der Waals surface area (Å²) in [5, 5.41) is 7.13. The van der Waals surface area contributed by atoms with Gasteiger partial charge in [0.05, 0.1) is 28.5 Å². The first-order valence-corrected chi connectivity index (χ1v) is 7.14. The lowest BCUT2D eigenvalue weighted by Crippen LogP contribution is -2.03. The minimum atomic E-state index is -0.0297. The van der Waals surface area contributed by atoms with Crippen molar-refractivity contribution in [3.8, 4) is 0 Å². The van der Waals surface area contributed by atoms with Crippen LogP contribution in [0.1, 0.15) is 11.1 Å². The zero-order valence-electron chi connectivity index (χ0n) is 11.3. The largest absolute Gasteiger partial charge is 0.397 e. The molecule has 4 N–H and O–H groups in total. The highest BCUT2D eigenvalue weighted by atomic mass is 35.5. The van der Waals surface area contributed by atoms with Crippen LogP contribution in [0.15, 0.2) is 24.3 Å². The first-order chi connectivity index (χ1) is 9.94. The van der Waals surface area contributed by atoms with E-state index in [1.165, 1.54) is 0 Å². The van der Waals surface area contributed by atoms with Gasteiger partial charge in [-0.1, -0.05) is 23.2 Å². The SMILES string of the molecule is Cc1cc(Cl)c(Nc2cc3c(cc2N)CC(=O)N3)cc1Cl. The van der Waals surface area contributed by atoms with Crippen molar-refractivity contribution in [3.63, 3.8) is 0 Å². The second-order valence-corrected chi connectivity index (χ2v) is 5.84. The Bertz CT molecular complexity index is 759. The topological polar surface area (TPSA) is 67.1 Å². The molecule has 2 aromatic carbocycles. The Morgan fingerprint density at radius 1 is 1.14 bits per heavy atom. The van der Waals surface area contributed by atoms with Crippen molar-refractivity contribution in [2.45, 2.75) is 13.3 Å². The van der Waals surface area contributed by atoms with Crippen LogP contribution in [0.5, 0.6) is 0 Å². The van der Waals surface area contributed by atoms with Gasteiger partial charge in [-0.15, -0.1) is 0 Å². The van der Waals surface area contributed by atoms with E-state index in [2.05, 4.69) is 10.6 Å². The van der Waals surface area contributed by atoms with E-state index in [9.17, 15) is 4.79 Å². The second kappa shape index (κ2) is 5.13. The molecule has 0 aromatic heterocycles. The summed E-state index contributed by atoms with van der Waals surface area (Å²) < 4.78 is 0. The molecule has 1 aliphatic heterocycles. The lowest BCUT2D eigenvalue weighted by atomic mass is 10.1. The number of halogens is 2. The first kappa shape index (κ1) is 14.0. The van der Waals surface area contributed by atoms with E-state index in [1.807, 2.05) is 6.92 Å². The standard InChI is InChI=1S/C15H13Cl2N3O/c1-7-2-10(17)13(5-9(7)16)19-14-6-12-8(3-11(14)18)4-15(21)20-12/h2-3,5-6,19H,4,18H2,1H3,(H,20,21). The molecule has 21 heavy (non-hydrogen) atoms. The number of anilines is 4. The van der Waals surface area contributed by atoms with E-state index in [0.717, 1.165) is 16.8 Å². The lowest BCUT2D eigenvalue weighted by Gasteiger charge is -2.14. The molecule has 0 radical (unpaired) electrons. The summed E-state index contributed by atoms with van der Waals surface area (Å²) in [6.07, 6.45) is 0.358. The van der Waals surface area contributed by atoms with Crippen LogP contribution in [0.4, 0.5) is 22.7 Å². The molecule has 2 aromatic rings. The van der Waals surface area contributed by atoms with E-state index in [4.69, 9.17) is 28.9 Å². The van der Waals surface area contributed by atoms with Gasteiger partial charge in [-0.2, -0.15) is 0 Å². The number of benzene rings is 2. The fourth-order valence-corrected chi connectivity index (χ4v) is 2.72. The number of rotatable bonds is 2. The second-order valence-electron chi connectivity index (χ2n) is 5.03. The van der Waals surface area contributed by atoms with Crippen LogP contribution < -0.4 is 16.4 Å². The number of aryl methyl sites for hydroxylation is 1. The van der Waals surface area contributed by atoms with Crippen molar-refractivity contribution in [1.82, 2.24) is 0 Å². The lowest BCUT2D eigenvalue weighted by molar-refractivity contribution is -0.115. The molecule has 108 valence electrons. The molecule has 4 nitrogen and oxygen atoms in total. The van der Waals surface area contributed by atoms with Gasteiger partial charge in [-0.05, 0) is 42.3 Å². The molecule has 0 aliphatic carbocycles. The molecule has 6 heteroatoms. The first-order valence-electron chi connectivity index (χ1n) is 6.39. The zero-order valence-corrected chi connectivity index (χ0v) is 12.8. The summed E-state index contributed by atoms with van der Waals surface area (Å²) in [5.74, 6) is -0.0297. The summed E-state index contributed by atoms with van der Waals surface area (Å²) in [6.45, 7) is 1.89.